The Morgan fingerprint density at radius 1 is 1.10 bits per heavy atom. The Kier molecular flexibility index (Phi) is 17.0. The number of methoxy groups -OCH3 is 2. The molecule has 9 atom stereocenters. The number of nitrogens with one attached hydrogen (secondary N) is 2. The van der Waals surface area contributed by atoms with E-state index in [4.69, 9.17) is 35.3 Å². The zero-order chi connectivity index (χ0) is 49.8. The number of thioether (sulfide) groups is 1. The average Bonchev–Trinajstić information content (AvgIpc) is 3.94. The van der Waals surface area contributed by atoms with E-state index in [2.05, 4.69) is 10.6 Å². The Bertz CT molecular complexity index is 2180. The minimum atomic E-state index is -1.87. The lowest BCUT2D eigenvalue weighted by Gasteiger charge is -2.42. The highest BCUT2D eigenvalue weighted by Crippen LogP contribution is 2.49. The number of epoxide rings is 1. The van der Waals surface area contributed by atoms with E-state index in [0.717, 1.165) is 24.0 Å². The molecule has 3 unspecified atom stereocenters. The molecule has 1 aliphatic carbocycles. The largest absolute Gasteiger partial charge is 0.495 e. The number of allylic oxidation sites excluding steroid dienone is 3. The van der Waals surface area contributed by atoms with Crippen LogP contribution in [0.2, 0.25) is 5.02 Å². The van der Waals surface area contributed by atoms with Gasteiger partial charge in [-0.05, 0) is 76.5 Å². The van der Waals surface area contributed by atoms with Gasteiger partial charge in [0.15, 0.2) is 5.72 Å². The van der Waals surface area contributed by atoms with Crippen molar-refractivity contribution in [3.63, 3.8) is 0 Å². The third kappa shape index (κ3) is 11.7. The van der Waals surface area contributed by atoms with Gasteiger partial charge in [0.25, 0.3) is 0 Å². The number of likely N-dealkylation sites (tertiary alicyclic amines) is 1. The Morgan fingerprint density at radius 2 is 1.81 bits per heavy atom. The highest BCUT2D eigenvalue weighted by atomic mass is 35.5. The van der Waals surface area contributed by atoms with Gasteiger partial charge in [0, 0.05) is 71.6 Å². The summed E-state index contributed by atoms with van der Waals surface area (Å²) in [5.41, 5.74) is -1.14. The number of esters is 1. The summed E-state index contributed by atoms with van der Waals surface area (Å²) in [7, 11) is 7.52. The van der Waals surface area contributed by atoms with Gasteiger partial charge in [0.1, 0.15) is 40.7 Å². The number of aliphatic hydroxyl groups is 1. The van der Waals surface area contributed by atoms with E-state index < -0.39 is 76.8 Å². The first kappa shape index (κ1) is 52.7. The minimum Gasteiger partial charge on any atom is -0.495 e. The fourth-order valence-electron chi connectivity index (χ4n) is 9.73. The summed E-state index contributed by atoms with van der Waals surface area (Å²) in [5, 5.41) is 16.6. The van der Waals surface area contributed by atoms with E-state index in [-0.39, 0.29) is 66.0 Å². The molecule has 4 aliphatic heterocycles. The smallest absolute Gasteiger partial charge is 0.409 e. The lowest BCUT2D eigenvalue weighted by molar-refractivity contribution is -0.162. The van der Waals surface area contributed by atoms with Crippen molar-refractivity contribution in [1.29, 1.82) is 0 Å². The highest BCUT2D eigenvalue weighted by Gasteiger charge is 2.64. The number of fused-ring (bicyclic) bond motifs is 5. The number of ether oxygens (including phenoxy) is 5. The first-order chi connectivity index (χ1) is 32.1. The molecule has 6 amide bonds. The van der Waals surface area contributed by atoms with E-state index in [1.807, 2.05) is 13.0 Å². The average molecular weight is 989 g/mol. The van der Waals surface area contributed by atoms with Crippen LogP contribution < -0.4 is 20.3 Å². The first-order valence-corrected chi connectivity index (χ1v) is 24.6. The fraction of sp³-hybridized carbons (Fsp3) is 0.646. The molecule has 20 heteroatoms. The normalized spacial score (nSPS) is 32.7. The lowest BCUT2D eigenvalue weighted by atomic mass is 9.81. The number of carbonyl (C=O) groups excluding carboxylic acids is 7. The Balaban J connectivity index is 1.15. The van der Waals surface area contributed by atoms with Crippen LogP contribution in [0.15, 0.2) is 35.9 Å². The summed E-state index contributed by atoms with van der Waals surface area (Å²) in [4.78, 5) is 97.2. The maximum atomic E-state index is 14.3. The molecule has 3 saturated heterocycles. The van der Waals surface area contributed by atoms with Crippen LogP contribution in [0, 0.1) is 17.8 Å². The van der Waals surface area contributed by atoms with Gasteiger partial charge in [-0.1, -0.05) is 42.3 Å². The maximum Gasteiger partial charge on any atom is 0.409 e. The summed E-state index contributed by atoms with van der Waals surface area (Å²) in [6, 6.07) is 2.43. The van der Waals surface area contributed by atoms with Crippen molar-refractivity contribution < 1.29 is 62.4 Å². The van der Waals surface area contributed by atoms with Crippen molar-refractivity contribution >= 4 is 70.6 Å². The molecule has 4 fully saturated rings. The van der Waals surface area contributed by atoms with Crippen LogP contribution in [-0.4, -0.2) is 151 Å². The zero-order valence-corrected chi connectivity index (χ0v) is 41.9. The molecular weight excluding hydrogens is 922 g/mol. The van der Waals surface area contributed by atoms with Gasteiger partial charge in [-0.25, -0.2) is 9.59 Å². The molecule has 4 bridgehead atoms. The van der Waals surface area contributed by atoms with E-state index >= 15 is 0 Å². The van der Waals surface area contributed by atoms with Gasteiger partial charge < -0.3 is 43.9 Å². The van der Waals surface area contributed by atoms with Crippen molar-refractivity contribution in [2.75, 3.05) is 52.6 Å². The molecule has 3 N–H and O–H groups in total. The van der Waals surface area contributed by atoms with E-state index in [1.54, 1.807) is 52.2 Å². The molecule has 0 radical (unpaired) electrons. The van der Waals surface area contributed by atoms with Crippen LogP contribution >= 0.6 is 23.4 Å². The summed E-state index contributed by atoms with van der Waals surface area (Å²) in [6.07, 6.45) is 3.39. The molecule has 0 spiro atoms. The first-order valence-electron chi connectivity index (χ1n) is 23.2. The molecule has 0 aromatic heterocycles. The predicted octanol–water partition coefficient (Wildman–Crippen LogP) is 4.32. The van der Waals surface area contributed by atoms with Crippen molar-refractivity contribution in [3.8, 4) is 5.75 Å². The van der Waals surface area contributed by atoms with Crippen molar-refractivity contribution in [1.82, 2.24) is 20.4 Å². The number of rotatable bonds is 12. The quantitative estimate of drug-likeness (QED) is 0.151. The van der Waals surface area contributed by atoms with Gasteiger partial charge in [-0.3, -0.25) is 34.2 Å². The number of hydrogen-bond acceptors (Lipinski definition) is 14. The van der Waals surface area contributed by atoms with Crippen LogP contribution in [0.4, 0.5) is 10.5 Å². The molecule has 1 aromatic rings. The van der Waals surface area contributed by atoms with E-state index in [1.165, 1.54) is 54.7 Å². The zero-order valence-electron chi connectivity index (χ0n) is 40.3. The van der Waals surface area contributed by atoms with Crippen LogP contribution in [-0.2, 0) is 54.1 Å². The molecule has 4 heterocycles. The van der Waals surface area contributed by atoms with Gasteiger partial charge >= 0.3 is 12.1 Å². The second-order valence-electron chi connectivity index (χ2n) is 18.9. The molecule has 6 rings (SSSR count). The van der Waals surface area contributed by atoms with Crippen molar-refractivity contribution in [2.45, 2.75) is 133 Å². The number of hydrogen-bond donors (Lipinski definition) is 3. The van der Waals surface area contributed by atoms with Gasteiger partial charge in [-0.2, -0.15) is 0 Å². The molecular formula is C48H66ClN5O13S. The van der Waals surface area contributed by atoms with Crippen LogP contribution in [0.3, 0.4) is 0 Å². The predicted molar refractivity (Wildman–Crippen MR) is 253 cm³/mol. The summed E-state index contributed by atoms with van der Waals surface area (Å²) < 4.78 is 29.4. The number of amides is 6. The third-order valence-electron chi connectivity index (χ3n) is 14.3. The molecule has 1 saturated carbocycles. The Hall–Kier alpha value is -4.69. The Morgan fingerprint density at radius 3 is 2.47 bits per heavy atom. The molecule has 68 heavy (non-hydrogen) atoms. The number of carbonyl (C=O) groups is 7. The number of nitrogens with zero attached hydrogens (tertiary/aromatic N) is 3. The van der Waals surface area contributed by atoms with Gasteiger partial charge in [0.05, 0.1) is 30.6 Å². The van der Waals surface area contributed by atoms with Crippen molar-refractivity contribution in [2.24, 2.45) is 17.8 Å². The van der Waals surface area contributed by atoms with E-state index in [9.17, 15) is 38.7 Å². The molecule has 1 aromatic carbocycles. The van der Waals surface area contributed by atoms with Crippen molar-refractivity contribution in [3.05, 3.63) is 46.5 Å². The maximum absolute atomic E-state index is 14.3. The monoisotopic (exact) mass is 987 g/mol. The van der Waals surface area contributed by atoms with E-state index in [0.29, 0.717) is 37.2 Å². The topological polar surface area (TPSA) is 223 Å². The Labute approximate surface area is 407 Å². The van der Waals surface area contributed by atoms with Gasteiger partial charge in [-0.15, -0.1) is 11.8 Å². The highest BCUT2D eigenvalue weighted by molar-refractivity contribution is 8.00. The number of imide groups is 1. The van der Waals surface area contributed by atoms with Crippen LogP contribution in [0.1, 0.15) is 84.6 Å². The number of anilines is 1. The second kappa shape index (κ2) is 21.9. The standard InChI is InChI=1S/C48H66ClN5O13S/c1-26-11-10-12-36(64-9)48(62)24-34(65-46(61)51-48)27(2)42-47(4,67-42)37(23-39(56)53(7)32-20-30(19-26)21-33(63-8)41(32)49)66-45(60)28(3)52(6)38(55)17-18-68-35-22-40(57)54(44(35)59)25-29-13-15-31(16-14-29)43(58)50-5/h10-12,20-21,27-29,31,34-37,42,62H,13-19,22-25H2,1-9H3,(H,50,58)(H,51,61)/b12-10+,26-11+/t27-,28-,29-,31-,34?,35?,36-,37+,42+,47?,48+/m1/s1. The lowest BCUT2D eigenvalue weighted by Crippen LogP contribution is -2.63. The third-order valence-corrected chi connectivity index (χ3v) is 15.9. The van der Waals surface area contributed by atoms with Crippen LogP contribution in [0.25, 0.3) is 0 Å². The molecule has 5 aliphatic rings. The summed E-state index contributed by atoms with van der Waals surface area (Å²) in [6.45, 7) is 7.19. The number of alkyl carbamates (subject to hydrolysis) is 1. The molecule has 18 nitrogen and oxygen atoms in total. The SMILES string of the molecule is CNC(=O)[C@H]1CC[C@H](CN2C(=O)CC(SCCC(=O)N(C)[C@H](C)C(=O)O[C@H]3CC(=O)N(C)c4cc(cc(OC)c4Cl)C/C(C)=C/C=C/[C@@H](OC)[C@@]4(O)CC(OC(=O)N4)[C@@H](C)[C@@H]4OC34C)C2=O)CC1. The number of halogens is 1. The molecule has 374 valence electrons. The summed E-state index contributed by atoms with van der Waals surface area (Å²) >= 11 is 8.03. The number of likely N-dealkylation sites (N-methyl/N-ethyl adjacent to an activating group) is 1. The fourth-order valence-corrected chi connectivity index (χ4v) is 11.1. The van der Waals surface area contributed by atoms with Crippen LogP contribution in [0.5, 0.6) is 5.75 Å². The number of benzene rings is 1. The summed E-state index contributed by atoms with van der Waals surface area (Å²) in [5.74, 6) is -2.17. The second-order valence-corrected chi connectivity index (χ2v) is 20.6. The van der Waals surface area contributed by atoms with Gasteiger partial charge in [0.2, 0.25) is 29.5 Å². The minimum absolute atomic E-state index is 0.0137.